The summed E-state index contributed by atoms with van der Waals surface area (Å²) in [6.45, 7) is 0. The molecule has 0 heterocycles. The average Bonchev–Trinajstić information content (AvgIpc) is 0.811. The Morgan fingerprint density at radius 3 is 1.67 bits per heavy atom. The number of hydrogen-bond acceptors (Lipinski definition) is 2. The van der Waals surface area contributed by atoms with E-state index in [4.69, 9.17) is 15.3 Å². The van der Waals surface area contributed by atoms with Gasteiger partial charge in [-0.15, -0.1) is 10.1 Å². The molecule has 1 N–H and O–H groups in total. The summed E-state index contributed by atoms with van der Waals surface area (Å²) < 4.78 is 0. The molecule has 6 heteroatoms. The summed E-state index contributed by atoms with van der Waals surface area (Å²) in [5.41, 5.74) is 0. The first kappa shape index (κ1) is 15.7. The van der Waals surface area contributed by atoms with Gasteiger partial charge in [0.15, 0.2) is 0 Å². The molecule has 34 valence electrons. The number of hydrogen-bond donors (Lipinski definition) is 1. The van der Waals surface area contributed by atoms with Gasteiger partial charge in [-0.25, -0.2) is 0 Å². The molecule has 0 bridgehead atoms. The molecule has 0 atom stereocenters. The zero-order valence-corrected chi connectivity index (χ0v) is 10.2. The fourth-order valence-electron chi connectivity index (χ4n) is 0. The minimum absolute atomic E-state index is 0. The zero-order valence-electron chi connectivity index (χ0n) is 2.62. The fourth-order valence-corrected chi connectivity index (χ4v) is 0. The van der Waals surface area contributed by atoms with Crippen molar-refractivity contribution in [2.75, 3.05) is 0 Å². The summed E-state index contributed by atoms with van der Waals surface area (Å²) in [4.78, 5) is 8.36. The predicted molar refractivity (Wildman–Crippen MR) is 8.78 cm³/mol. The Morgan fingerprint density at radius 2 is 1.67 bits per heavy atom. The first-order valence-electron chi connectivity index (χ1n) is 0.565. The zero-order chi connectivity index (χ0) is 3.58. The molecule has 0 aliphatic carbocycles. The van der Waals surface area contributed by atoms with Gasteiger partial charge < -0.3 is 5.21 Å². The molecule has 0 unspecified atom stereocenters. The summed E-state index contributed by atoms with van der Waals surface area (Å²) >= 11 is 0. The van der Waals surface area contributed by atoms with Crippen molar-refractivity contribution in [2.24, 2.45) is 0 Å². The van der Waals surface area contributed by atoms with Crippen molar-refractivity contribution in [2.45, 2.75) is 0 Å². The molecule has 0 aromatic heterocycles. The van der Waals surface area contributed by atoms with E-state index in [-0.39, 0.29) is 60.3 Å². The summed E-state index contributed by atoms with van der Waals surface area (Å²) in [5.74, 6) is 0. The Bertz CT molecular complexity index is 33.8. The van der Waals surface area contributed by atoms with Gasteiger partial charge in [0.05, 0.1) is 0 Å². The molecule has 0 amide bonds. The number of nitrogens with zero attached hydrogens (tertiary/aromatic N) is 1. The van der Waals surface area contributed by atoms with Crippen LogP contribution in [0.25, 0.3) is 0 Å². The average molecular weight is 545 g/mol. The van der Waals surface area contributed by atoms with Crippen LogP contribution >= 0.6 is 0 Å². The molecular weight excluding hydrogens is 544 g/mol. The molecule has 0 aliphatic rings. The van der Waals surface area contributed by atoms with Gasteiger partial charge >= 0.3 is 0 Å². The summed E-state index contributed by atoms with van der Waals surface area (Å²) in [6.07, 6.45) is 0. The van der Waals surface area contributed by atoms with E-state index in [1.54, 1.807) is 0 Å². The summed E-state index contributed by atoms with van der Waals surface area (Å²) in [6, 6.07) is 0. The van der Waals surface area contributed by atoms with Crippen LogP contribution in [-0.4, -0.2) is 10.3 Å². The molecule has 0 spiro atoms. The third-order valence-corrected chi connectivity index (χ3v) is 0. The predicted octanol–water partition coefficient (Wildman–Crippen LogP) is -0.348. The van der Waals surface area contributed by atoms with Crippen LogP contribution in [-0.2, 0) is 0 Å². The van der Waals surface area contributed by atoms with Crippen molar-refractivity contribution in [3.63, 3.8) is 0 Å². The Hall–Kier alpha value is 1.24. The first-order valence-corrected chi connectivity index (χ1v) is 0.565. The monoisotopic (exact) mass is 539 g/mol. The minimum atomic E-state index is -1.50. The van der Waals surface area contributed by atoms with E-state index in [2.05, 4.69) is 0 Å². The summed E-state index contributed by atoms with van der Waals surface area (Å²) in [7, 11) is 0. The van der Waals surface area contributed by atoms with Crippen LogP contribution in [0.3, 0.4) is 0 Å². The molecular formula is HNO3PuU. The van der Waals surface area contributed by atoms with Crippen molar-refractivity contribution in [3.05, 3.63) is 10.1 Å². The van der Waals surface area contributed by atoms with Crippen molar-refractivity contribution in [1.29, 1.82) is 0 Å². The van der Waals surface area contributed by atoms with Gasteiger partial charge in [-0.2, -0.15) is 0 Å². The van der Waals surface area contributed by atoms with E-state index in [0.29, 0.717) is 0 Å². The molecule has 0 fully saturated rings. The van der Waals surface area contributed by atoms with E-state index in [9.17, 15) is 0 Å². The number of rotatable bonds is 0. The van der Waals surface area contributed by atoms with Crippen LogP contribution in [0.5, 0.6) is 0 Å². The molecule has 0 aromatic carbocycles. The van der Waals surface area contributed by atoms with Crippen molar-refractivity contribution >= 4 is 0 Å². The Balaban J connectivity index is -0.0000000450. The van der Waals surface area contributed by atoms with E-state index in [1.165, 1.54) is 0 Å². The Morgan fingerprint density at radius 1 is 1.67 bits per heavy atom. The van der Waals surface area contributed by atoms with Crippen LogP contribution in [0, 0.1) is 70.4 Å². The minimum Gasteiger partial charge on any atom is -0.328 e. The molecule has 0 aromatic rings. The fraction of sp³-hybridized carbons (Fsp3) is 0. The van der Waals surface area contributed by atoms with E-state index >= 15 is 0 Å². The van der Waals surface area contributed by atoms with Gasteiger partial charge in [0.2, 0.25) is 0 Å². The van der Waals surface area contributed by atoms with Gasteiger partial charge in [0.1, 0.15) is 0 Å². The quantitative estimate of drug-likeness (QED) is 0.335. The maximum Gasteiger partial charge on any atom is 0.291 e. The smallest absolute Gasteiger partial charge is 0.291 e. The molecule has 0 saturated carbocycles. The summed E-state index contributed by atoms with van der Waals surface area (Å²) in [5, 5.41) is 13.6. The Labute approximate surface area is 79.7 Å². The third kappa shape index (κ3) is 61.3. The van der Waals surface area contributed by atoms with Crippen molar-refractivity contribution < 1.29 is 70.6 Å². The second-order valence-corrected chi connectivity index (χ2v) is 0.238. The second kappa shape index (κ2) is 9.53. The largest absolute Gasteiger partial charge is 0.328 e. The molecule has 0 rings (SSSR count). The van der Waals surface area contributed by atoms with Crippen molar-refractivity contribution in [3.8, 4) is 0 Å². The maximum absolute atomic E-state index is 8.36. The molecule has 0 aliphatic heterocycles. The van der Waals surface area contributed by atoms with Crippen LogP contribution in [0.1, 0.15) is 0 Å². The molecule has 0 saturated heterocycles. The first-order chi connectivity index (χ1) is 1.73. The topological polar surface area (TPSA) is 63.4 Å². The van der Waals surface area contributed by atoms with E-state index < -0.39 is 5.09 Å². The molecule has 4 nitrogen and oxygen atoms in total. The molecule has 6 heavy (non-hydrogen) atoms. The van der Waals surface area contributed by atoms with Crippen LogP contribution < -0.4 is 0 Å². The second-order valence-electron chi connectivity index (χ2n) is 0.238. The third-order valence-electron chi connectivity index (χ3n) is 0. The molecule has 0 radical (unpaired) electrons. The van der Waals surface area contributed by atoms with E-state index in [1.807, 2.05) is 0 Å². The van der Waals surface area contributed by atoms with Crippen LogP contribution in [0.4, 0.5) is 0 Å². The van der Waals surface area contributed by atoms with E-state index in [0.717, 1.165) is 0 Å². The standard InChI is InChI=1S/HNO3.Pu.U/c2-1(3)4;;/h(H,2,3,4);;. The maximum atomic E-state index is 8.36. The van der Waals surface area contributed by atoms with Gasteiger partial charge in [-0.3, -0.25) is 0 Å². The normalized spacial score (nSPS) is 4.00. The Kier molecular flexibility index (Phi) is 24.9. The van der Waals surface area contributed by atoms with Gasteiger partial charge in [-0.05, 0) is 0 Å². The van der Waals surface area contributed by atoms with Gasteiger partial charge in [0.25, 0.3) is 5.09 Å². The van der Waals surface area contributed by atoms with Crippen LogP contribution in [0.2, 0.25) is 0 Å². The van der Waals surface area contributed by atoms with Crippen molar-refractivity contribution in [1.82, 2.24) is 0 Å². The van der Waals surface area contributed by atoms with Gasteiger partial charge in [0, 0.05) is 60.3 Å². The van der Waals surface area contributed by atoms with Crippen LogP contribution in [0.15, 0.2) is 0 Å². The van der Waals surface area contributed by atoms with Gasteiger partial charge in [-0.1, -0.05) is 0 Å². The SMILES string of the molecule is O=[N+]([O-])O.[Pu].[U].